The molecule has 3 N–H and O–H groups in total. The van der Waals surface area contributed by atoms with Crippen molar-refractivity contribution in [3.05, 3.63) is 72.2 Å². The zero-order valence-electron chi connectivity index (χ0n) is 19.2. The highest BCUT2D eigenvalue weighted by Crippen LogP contribution is 2.18. The normalized spacial score (nSPS) is 14.2. The predicted octanol–water partition coefficient (Wildman–Crippen LogP) is 2.61. The number of aliphatic imine (C=N–C) groups is 1. The van der Waals surface area contributed by atoms with E-state index in [1.54, 1.807) is 0 Å². The van der Waals surface area contributed by atoms with Gasteiger partial charge in [0.05, 0.1) is 31.5 Å². The van der Waals surface area contributed by atoms with Gasteiger partial charge in [-0.25, -0.2) is 9.98 Å². The Morgan fingerprint density at radius 2 is 1.97 bits per heavy atom. The molecule has 0 aliphatic carbocycles. The molecule has 1 aliphatic heterocycles. The molecule has 1 amide bonds. The van der Waals surface area contributed by atoms with E-state index in [1.807, 2.05) is 31.4 Å². The first-order valence-corrected chi connectivity index (χ1v) is 11.3. The molecule has 0 spiro atoms. The maximum Gasteiger partial charge on any atom is 0.239 e. The van der Waals surface area contributed by atoms with Crippen molar-refractivity contribution in [1.82, 2.24) is 25.5 Å². The maximum absolute atomic E-state index is 11.6. The van der Waals surface area contributed by atoms with E-state index in [0.29, 0.717) is 26.2 Å². The van der Waals surface area contributed by atoms with E-state index in [-0.39, 0.29) is 5.91 Å². The summed E-state index contributed by atoms with van der Waals surface area (Å²) < 4.78 is 0. The molecule has 1 aliphatic rings. The van der Waals surface area contributed by atoms with Gasteiger partial charge >= 0.3 is 0 Å². The van der Waals surface area contributed by atoms with Crippen LogP contribution in [0.15, 0.2) is 65.8 Å². The first kappa shape index (κ1) is 22.4. The topological polar surface area (TPSA) is 88.7 Å². The molecular weight excluding hydrogens is 414 g/mol. The van der Waals surface area contributed by atoms with Crippen molar-refractivity contribution in [1.29, 1.82) is 0 Å². The Hall–Kier alpha value is -3.81. The summed E-state index contributed by atoms with van der Waals surface area (Å²) in [6, 6.07) is 18.5. The number of anilines is 1. The second-order valence-electron chi connectivity index (χ2n) is 8.07. The SMILES string of the molecule is CCNC(=NCc1ccc(N2CCNC(=O)C2)cc1)N(C)Cc1ncc(-c2ccccc2)[nH]1. The van der Waals surface area contributed by atoms with Crippen molar-refractivity contribution in [3.63, 3.8) is 0 Å². The second kappa shape index (κ2) is 10.7. The summed E-state index contributed by atoms with van der Waals surface area (Å²) in [6.45, 7) is 5.96. The summed E-state index contributed by atoms with van der Waals surface area (Å²) >= 11 is 0. The van der Waals surface area contributed by atoms with Crippen molar-refractivity contribution in [2.45, 2.75) is 20.0 Å². The molecule has 4 rings (SSSR count). The van der Waals surface area contributed by atoms with Crippen molar-refractivity contribution in [3.8, 4) is 11.3 Å². The number of aromatic nitrogens is 2. The van der Waals surface area contributed by atoms with Gasteiger partial charge in [0.2, 0.25) is 5.91 Å². The molecule has 1 saturated heterocycles. The van der Waals surface area contributed by atoms with Crippen molar-refractivity contribution < 1.29 is 4.79 Å². The van der Waals surface area contributed by atoms with E-state index >= 15 is 0 Å². The summed E-state index contributed by atoms with van der Waals surface area (Å²) in [6.07, 6.45) is 1.87. The number of nitrogens with zero attached hydrogens (tertiary/aromatic N) is 4. The molecule has 0 radical (unpaired) electrons. The van der Waals surface area contributed by atoms with E-state index in [0.717, 1.165) is 47.4 Å². The highest BCUT2D eigenvalue weighted by molar-refractivity contribution is 5.82. The van der Waals surface area contributed by atoms with Crippen LogP contribution in [-0.2, 0) is 17.9 Å². The molecule has 0 atom stereocenters. The quantitative estimate of drug-likeness (QED) is 0.384. The van der Waals surface area contributed by atoms with E-state index < -0.39 is 0 Å². The Morgan fingerprint density at radius 3 is 2.70 bits per heavy atom. The molecule has 1 aromatic heterocycles. The van der Waals surface area contributed by atoms with Crippen LogP contribution in [0.4, 0.5) is 5.69 Å². The standard InChI is InChI=1S/C25H31N7O/c1-3-26-25(31(2)17-23-28-16-22(30-23)20-7-5-4-6-8-20)29-15-19-9-11-21(12-10-19)32-14-13-27-24(33)18-32/h4-12,16H,3,13-15,17-18H2,1-2H3,(H,26,29)(H,27,33)(H,28,30). The minimum Gasteiger partial charge on any atom is -0.360 e. The number of benzene rings is 2. The molecule has 0 bridgehead atoms. The predicted molar refractivity (Wildman–Crippen MR) is 132 cm³/mol. The third-order valence-corrected chi connectivity index (χ3v) is 5.55. The Balaban J connectivity index is 1.38. The summed E-state index contributed by atoms with van der Waals surface area (Å²) in [5.74, 6) is 1.78. The molecular formula is C25H31N7O. The zero-order chi connectivity index (χ0) is 23.0. The third kappa shape index (κ3) is 5.91. The minimum atomic E-state index is 0.0701. The number of aromatic amines is 1. The van der Waals surface area contributed by atoms with Crippen LogP contribution in [0.1, 0.15) is 18.3 Å². The number of H-pyrrole nitrogens is 1. The number of carbonyl (C=O) groups excluding carboxylic acids is 1. The fraction of sp³-hybridized carbons (Fsp3) is 0.320. The smallest absolute Gasteiger partial charge is 0.239 e. The van der Waals surface area contributed by atoms with Gasteiger partial charge in [-0.05, 0) is 30.2 Å². The average Bonchev–Trinajstić information content (AvgIpc) is 3.31. The Kier molecular flexibility index (Phi) is 7.24. The number of imidazole rings is 1. The first-order valence-electron chi connectivity index (χ1n) is 11.3. The van der Waals surface area contributed by atoms with E-state index in [2.05, 4.69) is 73.7 Å². The molecule has 33 heavy (non-hydrogen) atoms. The Labute approximate surface area is 194 Å². The highest BCUT2D eigenvalue weighted by Gasteiger charge is 2.16. The number of amides is 1. The molecule has 8 heteroatoms. The lowest BCUT2D eigenvalue weighted by Gasteiger charge is -2.28. The lowest BCUT2D eigenvalue weighted by Crippen LogP contribution is -2.47. The Bertz CT molecular complexity index is 1080. The number of rotatable bonds is 7. The van der Waals surface area contributed by atoms with Crippen LogP contribution in [0.5, 0.6) is 0 Å². The first-order chi connectivity index (χ1) is 16.1. The van der Waals surface area contributed by atoms with Gasteiger partial charge in [-0.2, -0.15) is 0 Å². The summed E-state index contributed by atoms with van der Waals surface area (Å²) in [5, 5.41) is 6.22. The maximum atomic E-state index is 11.6. The molecule has 0 saturated carbocycles. The zero-order valence-corrected chi connectivity index (χ0v) is 19.2. The van der Waals surface area contributed by atoms with Gasteiger partial charge in [0, 0.05) is 32.4 Å². The monoisotopic (exact) mass is 445 g/mol. The van der Waals surface area contributed by atoms with Crippen molar-refractivity contribution in [2.75, 3.05) is 38.1 Å². The molecule has 0 unspecified atom stereocenters. The molecule has 2 heterocycles. The van der Waals surface area contributed by atoms with Crippen LogP contribution in [-0.4, -0.2) is 60.0 Å². The highest BCUT2D eigenvalue weighted by atomic mass is 16.2. The fourth-order valence-corrected chi connectivity index (χ4v) is 3.81. The summed E-state index contributed by atoms with van der Waals surface area (Å²) in [5.41, 5.74) is 4.31. The lowest BCUT2D eigenvalue weighted by molar-refractivity contribution is -0.120. The number of nitrogens with one attached hydrogen (secondary N) is 3. The second-order valence-corrected chi connectivity index (χ2v) is 8.07. The van der Waals surface area contributed by atoms with Crippen molar-refractivity contribution >= 4 is 17.6 Å². The van der Waals surface area contributed by atoms with E-state index in [4.69, 9.17) is 4.99 Å². The van der Waals surface area contributed by atoms with Crippen LogP contribution in [0, 0.1) is 0 Å². The van der Waals surface area contributed by atoms with Crippen LogP contribution in [0.3, 0.4) is 0 Å². The number of hydrogen-bond acceptors (Lipinski definition) is 4. The number of carbonyl (C=O) groups is 1. The molecule has 8 nitrogen and oxygen atoms in total. The van der Waals surface area contributed by atoms with Gasteiger partial charge in [0.15, 0.2) is 5.96 Å². The fourth-order valence-electron chi connectivity index (χ4n) is 3.81. The van der Waals surface area contributed by atoms with Crippen LogP contribution in [0.25, 0.3) is 11.3 Å². The largest absolute Gasteiger partial charge is 0.360 e. The number of piperazine rings is 1. The average molecular weight is 446 g/mol. The molecule has 1 fully saturated rings. The number of hydrogen-bond donors (Lipinski definition) is 3. The Morgan fingerprint density at radius 1 is 1.18 bits per heavy atom. The van der Waals surface area contributed by atoms with Crippen LogP contribution < -0.4 is 15.5 Å². The van der Waals surface area contributed by atoms with Crippen molar-refractivity contribution in [2.24, 2.45) is 4.99 Å². The van der Waals surface area contributed by atoms with Gasteiger partial charge in [-0.15, -0.1) is 0 Å². The molecule has 172 valence electrons. The summed E-state index contributed by atoms with van der Waals surface area (Å²) in [4.78, 5) is 28.5. The van der Waals surface area contributed by atoms with Gasteiger partial charge in [0.25, 0.3) is 0 Å². The minimum absolute atomic E-state index is 0.0701. The van der Waals surface area contributed by atoms with Gasteiger partial charge in [0.1, 0.15) is 5.82 Å². The lowest BCUT2D eigenvalue weighted by atomic mass is 10.2. The third-order valence-electron chi connectivity index (χ3n) is 5.55. The van der Waals surface area contributed by atoms with Gasteiger partial charge in [-0.3, -0.25) is 4.79 Å². The molecule has 3 aromatic rings. The van der Waals surface area contributed by atoms with Crippen LogP contribution in [0.2, 0.25) is 0 Å². The van der Waals surface area contributed by atoms with E-state index in [1.165, 1.54) is 0 Å². The summed E-state index contributed by atoms with van der Waals surface area (Å²) in [7, 11) is 2.01. The molecule has 2 aromatic carbocycles. The van der Waals surface area contributed by atoms with Gasteiger partial charge in [-0.1, -0.05) is 42.5 Å². The van der Waals surface area contributed by atoms with Gasteiger partial charge < -0.3 is 25.4 Å². The van der Waals surface area contributed by atoms with E-state index in [9.17, 15) is 4.79 Å². The van der Waals surface area contributed by atoms with Crippen LogP contribution >= 0.6 is 0 Å². The number of guanidine groups is 1.